The molecule has 0 bridgehead atoms. The van der Waals surface area contributed by atoms with Crippen LogP contribution in [-0.4, -0.2) is 11.6 Å². The van der Waals surface area contributed by atoms with Crippen LogP contribution in [0.4, 0.5) is 5.82 Å². The summed E-state index contributed by atoms with van der Waals surface area (Å²) >= 11 is 0. The minimum absolute atomic E-state index is 0.531. The van der Waals surface area contributed by atoms with Crippen molar-refractivity contribution in [3.05, 3.63) is 17.6 Å². The molecule has 0 radical (unpaired) electrons. The Bertz CT molecular complexity index is 299. The fourth-order valence-corrected chi connectivity index (χ4v) is 1.04. The van der Waals surface area contributed by atoms with E-state index in [0.29, 0.717) is 19.0 Å². The highest BCUT2D eigenvalue weighted by molar-refractivity contribution is 5.35. The van der Waals surface area contributed by atoms with E-state index in [4.69, 9.17) is 10.5 Å². The SMILES string of the molecule is CCOCc1c[n+](C)c(C)nc1N. The largest absolute Gasteiger partial charge is 0.377 e. The molecule has 1 aromatic heterocycles. The first-order valence-corrected chi connectivity index (χ1v) is 4.34. The lowest BCUT2D eigenvalue weighted by atomic mass is 10.3. The Morgan fingerprint density at radius 1 is 1.62 bits per heavy atom. The number of hydrogen-bond donors (Lipinski definition) is 1. The summed E-state index contributed by atoms with van der Waals surface area (Å²) < 4.78 is 7.20. The van der Waals surface area contributed by atoms with Gasteiger partial charge in [-0.05, 0) is 11.9 Å². The van der Waals surface area contributed by atoms with E-state index in [9.17, 15) is 0 Å². The maximum atomic E-state index is 5.73. The quantitative estimate of drug-likeness (QED) is 0.685. The van der Waals surface area contributed by atoms with Gasteiger partial charge in [-0.3, -0.25) is 0 Å². The van der Waals surface area contributed by atoms with Crippen LogP contribution in [0.5, 0.6) is 0 Å². The zero-order chi connectivity index (χ0) is 9.84. The van der Waals surface area contributed by atoms with Crippen LogP contribution in [0.25, 0.3) is 0 Å². The lowest BCUT2D eigenvalue weighted by Crippen LogP contribution is -2.34. The number of ether oxygens (including phenoxy) is 1. The van der Waals surface area contributed by atoms with Gasteiger partial charge in [0, 0.05) is 13.5 Å². The van der Waals surface area contributed by atoms with Gasteiger partial charge in [0.25, 0.3) is 5.82 Å². The third kappa shape index (κ3) is 2.39. The first-order chi connectivity index (χ1) is 6.15. The standard InChI is InChI=1S/C9H15N3O/c1-4-13-6-8-5-12(3)7(2)11-9(8)10/h5,10H,4,6H2,1-3H3/p+1. The van der Waals surface area contributed by atoms with Crippen molar-refractivity contribution in [1.29, 1.82) is 0 Å². The van der Waals surface area contributed by atoms with Crippen LogP contribution < -0.4 is 10.3 Å². The summed E-state index contributed by atoms with van der Waals surface area (Å²) in [5.41, 5.74) is 6.67. The molecule has 1 rings (SSSR count). The van der Waals surface area contributed by atoms with E-state index in [1.54, 1.807) is 0 Å². The molecule has 13 heavy (non-hydrogen) atoms. The van der Waals surface area contributed by atoms with Gasteiger partial charge in [-0.15, -0.1) is 0 Å². The predicted octanol–water partition coefficient (Wildman–Crippen LogP) is 0.333. The van der Waals surface area contributed by atoms with Crippen molar-refractivity contribution < 1.29 is 9.30 Å². The lowest BCUT2D eigenvalue weighted by Gasteiger charge is -2.02. The van der Waals surface area contributed by atoms with Crippen LogP contribution in [0, 0.1) is 6.92 Å². The van der Waals surface area contributed by atoms with Gasteiger partial charge >= 0.3 is 0 Å². The van der Waals surface area contributed by atoms with E-state index in [2.05, 4.69) is 4.98 Å². The summed E-state index contributed by atoms with van der Waals surface area (Å²) in [6.45, 7) is 5.10. The van der Waals surface area contributed by atoms with Crippen LogP contribution in [0.2, 0.25) is 0 Å². The van der Waals surface area contributed by atoms with Crippen molar-refractivity contribution in [2.24, 2.45) is 7.05 Å². The minimum Gasteiger partial charge on any atom is -0.377 e. The number of nitrogen functional groups attached to an aromatic ring is 1. The summed E-state index contributed by atoms with van der Waals surface area (Å²) in [7, 11) is 1.94. The molecule has 0 saturated heterocycles. The van der Waals surface area contributed by atoms with Crippen molar-refractivity contribution in [3.63, 3.8) is 0 Å². The van der Waals surface area contributed by atoms with Gasteiger partial charge in [-0.1, -0.05) is 0 Å². The molecule has 0 saturated carbocycles. The van der Waals surface area contributed by atoms with Crippen molar-refractivity contribution >= 4 is 5.82 Å². The van der Waals surface area contributed by atoms with Crippen LogP contribution >= 0.6 is 0 Å². The summed E-state index contributed by atoms with van der Waals surface area (Å²) in [6, 6.07) is 0. The van der Waals surface area contributed by atoms with Gasteiger partial charge in [0.2, 0.25) is 5.82 Å². The number of hydrogen-bond acceptors (Lipinski definition) is 3. The normalized spacial score (nSPS) is 10.4. The van der Waals surface area contributed by atoms with Crippen molar-refractivity contribution in [2.75, 3.05) is 12.3 Å². The van der Waals surface area contributed by atoms with Crippen LogP contribution in [0.1, 0.15) is 18.3 Å². The number of aryl methyl sites for hydroxylation is 2. The van der Waals surface area contributed by atoms with Crippen molar-refractivity contribution in [3.8, 4) is 0 Å². The Hall–Kier alpha value is -1.16. The lowest BCUT2D eigenvalue weighted by molar-refractivity contribution is -0.681. The van der Waals surface area contributed by atoms with Crippen LogP contribution in [0.3, 0.4) is 0 Å². The topological polar surface area (TPSA) is 52.0 Å². The molecule has 0 aliphatic carbocycles. The second kappa shape index (κ2) is 4.18. The molecule has 0 aliphatic rings. The first kappa shape index (κ1) is 9.92. The van der Waals surface area contributed by atoms with E-state index in [-0.39, 0.29) is 0 Å². The predicted molar refractivity (Wildman–Crippen MR) is 49.9 cm³/mol. The molecule has 4 nitrogen and oxygen atoms in total. The summed E-state index contributed by atoms with van der Waals surface area (Å²) in [6.07, 6.45) is 1.95. The van der Waals surface area contributed by atoms with Crippen molar-refractivity contribution in [1.82, 2.24) is 4.98 Å². The maximum Gasteiger partial charge on any atom is 0.297 e. The third-order valence-corrected chi connectivity index (χ3v) is 1.93. The number of rotatable bonds is 3. The van der Waals surface area contributed by atoms with Gasteiger partial charge < -0.3 is 10.5 Å². The zero-order valence-corrected chi connectivity index (χ0v) is 8.37. The number of anilines is 1. The second-order valence-electron chi connectivity index (χ2n) is 2.95. The van der Waals surface area contributed by atoms with Crippen LogP contribution in [0.15, 0.2) is 6.20 Å². The molecule has 0 spiro atoms. The smallest absolute Gasteiger partial charge is 0.297 e. The van der Waals surface area contributed by atoms with E-state index < -0.39 is 0 Å². The molecule has 72 valence electrons. The molecule has 0 aliphatic heterocycles. The molecule has 0 unspecified atom stereocenters. The average Bonchev–Trinajstić information content (AvgIpc) is 2.09. The second-order valence-corrected chi connectivity index (χ2v) is 2.95. The highest BCUT2D eigenvalue weighted by atomic mass is 16.5. The Morgan fingerprint density at radius 3 is 2.92 bits per heavy atom. The Labute approximate surface area is 78.4 Å². The average molecular weight is 182 g/mol. The minimum atomic E-state index is 0.531. The molecule has 0 fully saturated rings. The third-order valence-electron chi connectivity index (χ3n) is 1.93. The molecule has 1 aromatic rings. The summed E-state index contributed by atoms with van der Waals surface area (Å²) in [5.74, 6) is 1.46. The van der Waals surface area contributed by atoms with Gasteiger partial charge in [0.15, 0.2) is 0 Å². The van der Waals surface area contributed by atoms with E-state index >= 15 is 0 Å². The van der Waals surface area contributed by atoms with E-state index in [0.717, 1.165) is 11.4 Å². The number of aromatic nitrogens is 2. The maximum absolute atomic E-state index is 5.73. The fourth-order valence-electron chi connectivity index (χ4n) is 1.04. The molecule has 0 atom stereocenters. The Kier molecular flexibility index (Phi) is 3.19. The molecule has 0 aromatic carbocycles. The Morgan fingerprint density at radius 2 is 2.31 bits per heavy atom. The summed E-state index contributed by atoms with van der Waals surface area (Å²) in [5, 5.41) is 0. The Balaban J connectivity index is 2.88. The number of nitrogens with two attached hydrogens (primary N) is 1. The molecule has 4 heteroatoms. The van der Waals surface area contributed by atoms with Gasteiger partial charge in [-0.25, -0.2) is 4.57 Å². The molecule has 0 amide bonds. The van der Waals surface area contributed by atoms with E-state index in [1.165, 1.54) is 0 Å². The zero-order valence-electron chi connectivity index (χ0n) is 8.37. The summed E-state index contributed by atoms with van der Waals surface area (Å²) in [4.78, 5) is 4.19. The molecule has 2 N–H and O–H groups in total. The highest BCUT2D eigenvalue weighted by Gasteiger charge is 2.11. The fraction of sp³-hybridized carbons (Fsp3) is 0.556. The molecule has 1 heterocycles. The monoisotopic (exact) mass is 182 g/mol. The highest BCUT2D eigenvalue weighted by Crippen LogP contribution is 2.06. The molecular formula is C9H16N3O+. The van der Waals surface area contributed by atoms with Gasteiger partial charge in [0.05, 0.1) is 19.2 Å². The van der Waals surface area contributed by atoms with Gasteiger partial charge in [-0.2, -0.15) is 0 Å². The van der Waals surface area contributed by atoms with E-state index in [1.807, 2.05) is 31.7 Å². The van der Waals surface area contributed by atoms with Gasteiger partial charge in [0.1, 0.15) is 6.20 Å². The first-order valence-electron chi connectivity index (χ1n) is 4.34. The van der Waals surface area contributed by atoms with Crippen molar-refractivity contribution in [2.45, 2.75) is 20.5 Å². The van der Waals surface area contributed by atoms with Crippen LogP contribution in [-0.2, 0) is 18.4 Å². The number of nitrogens with zero attached hydrogens (tertiary/aromatic N) is 2. The molecular weight excluding hydrogens is 166 g/mol.